The van der Waals surface area contributed by atoms with Gasteiger partial charge in [-0.25, -0.2) is 0 Å². The van der Waals surface area contributed by atoms with E-state index in [0.29, 0.717) is 5.17 Å². The third-order valence-electron chi connectivity index (χ3n) is 1.61. The van der Waals surface area contributed by atoms with Gasteiger partial charge in [0.25, 0.3) is 0 Å². The minimum atomic E-state index is -0.443. The Labute approximate surface area is 81.3 Å². The maximum absolute atomic E-state index is 8.41. The molecule has 0 aromatic rings. The van der Waals surface area contributed by atoms with E-state index >= 15 is 0 Å². The van der Waals surface area contributed by atoms with Crippen molar-refractivity contribution in [2.45, 2.75) is 6.41 Å². The number of nitriles is 1. The zero-order valence-electron chi connectivity index (χ0n) is 7.56. The van der Waals surface area contributed by atoms with Crippen LogP contribution in [-0.4, -0.2) is 43.0 Å². The van der Waals surface area contributed by atoms with Crippen LogP contribution in [0.15, 0.2) is 4.99 Å². The van der Waals surface area contributed by atoms with Crippen LogP contribution in [0.4, 0.5) is 0 Å². The summed E-state index contributed by atoms with van der Waals surface area (Å²) >= 11 is 1.53. The van der Waals surface area contributed by atoms with Crippen LogP contribution in [0.2, 0.25) is 0 Å². The van der Waals surface area contributed by atoms with Gasteiger partial charge in [-0.3, -0.25) is 0 Å². The number of rotatable bonds is 3. The predicted octanol–water partition coefficient (Wildman–Crippen LogP) is 0.449. The number of methoxy groups -OCH3 is 2. The Morgan fingerprint density at radius 2 is 2.31 bits per heavy atom. The molecule has 1 rings (SSSR count). The number of hydrogen-bond acceptors (Lipinski definition) is 5. The van der Waals surface area contributed by atoms with E-state index < -0.39 is 6.41 Å². The van der Waals surface area contributed by atoms with Gasteiger partial charge in [0.2, 0.25) is 12.6 Å². The number of aliphatic imine (C=N–C) groups is 1. The van der Waals surface area contributed by atoms with Crippen LogP contribution in [0.1, 0.15) is 0 Å². The summed E-state index contributed by atoms with van der Waals surface area (Å²) in [6.45, 7) is 0.789. The van der Waals surface area contributed by atoms with E-state index in [4.69, 9.17) is 14.7 Å². The van der Waals surface area contributed by atoms with Crippen molar-refractivity contribution in [1.82, 2.24) is 4.90 Å². The van der Waals surface area contributed by atoms with Gasteiger partial charge in [0, 0.05) is 26.5 Å². The number of amidine groups is 1. The quantitative estimate of drug-likeness (QED) is 0.490. The molecule has 5 nitrogen and oxygen atoms in total. The van der Waals surface area contributed by atoms with E-state index in [-0.39, 0.29) is 0 Å². The van der Waals surface area contributed by atoms with E-state index in [2.05, 4.69) is 4.99 Å². The Morgan fingerprint density at radius 1 is 1.62 bits per heavy atom. The van der Waals surface area contributed by atoms with Crippen LogP contribution in [0.25, 0.3) is 0 Å². The van der Waals surface area contributed by atoms with Gasteiger partial charge < -0.3 is 14.4 Å². The van der Waals surface area contributed by atoms with E-state index in [1.807, 2.05) is 4.90 Å². The fourth-order valence-electron chi connectivity index (χ4n) is 1.10. The molecule has 1 aliphatic heterocycles. The van der Waals surface area contributed by atoms with E-state index in [1.54, 1.807) is 20.4 Å². The van der Waals surface area contributed by atoms with E-state index in [0.717, 1.165) is 12.3 Å². The summed E-state index contributed by atoms with van der Waals surface area (Å²) in [6.07, 6.45) is 1.31. The number of nitrogens with zero attached hydrogens (tertiary/aromatic N) is 3. The van der Waals surface area contributed by atoms with Gasteiger partial charge in [0.1, 0.15) is 0 Å². The first-order valence-corrected chi connectivity index (χ1v) is 4.74. The normalized spacial score (nSPS) is 19.8. The molecular formula is C7H11N3O2S. The molecule has 0 aromatic carbocycles. The highest BCUT2D eigenvalue weighted by atomic mass is 32.2. The van der Waals surface area contributed by atoms with Crippen molar-refractivity contribution < 1.29 is 9.47 Å². The van der Waals surface area contributed by atoms with E-state index in [1.165, 1.54) is 11.8 Å². The average molecular weight is 201 g/mol. The maximum atomic E-state index is 8.41. The monoisotopic (exact) mass is 201 g/mol. The molecule has 0 spiro atoms. The summed E-state index contributed by atoms with van der Waals surface area (Å²) in [7, 11) is 3.11. The topological polar surface area (TPSA) is 57.9 Å². The van der Waals surface area contributed by atoms with Gasteiger partial charge in [-0.15, -0.1) is 4.99 Å². The van der Waals surface area contributed by atoms with Crippen LogP contribution in [0, 0.1) is 11.5 Å². The molecule has 0 radical (unpaired) electrons. The largest absolute Gasteiger partial charge is 0.339 e. The van der Waals surface area contributed by atoms with Crippen LogP contribution < -0.4 is 0 Å². The zero-order valence-corrected chi connectivity index (χ0v) is 8.37. The molecule has 6 heteroatoms. The van der Waals surface area contributed by atoms with Gasteiger partial charge in [-0.05, 0) is 0 Å². The van der Waals surface area contributed by atoms with Gasteiger partial charge in [-0.1, -0.05) is 11.8 Å². The molecule has 1 aliphatic rings. The Hall–Kier alpha value is -0.770. The van der Waals surface area contributed by atoms with Gasteiger partial charge >= 0.3 is 0 Å². The predicted molar refractivity (Wildman–Crippen MR) is 50.0 cm³/mol. The Morgan fingerprint density at radius 3 is 2.85 bits per heavy atom. The lowest BCUT2D eigenvalue weighted by atomic mass is 10.6. The highest BCUT2D eigenvalue weighted by Gasteiger charge is 2.26. The van der Waals surface area contributed by atoms with Crippen molar-refractivity contribution >= 4 is 16.9 Å². The average Bonchev–Trinajstić information content (AvgIpc) is 2.57. The van der Waals surface area contributed by atoms with Crippen LogP contribution in [0.3, 0.4) is 0 Å². The first-order chi connectivity index (χ1) is 6.33. The van der Waals surface area contributed by atoms with Crippen molar-refractivity contribution in [1.29, 1.82) is 5.26 Å². The molecule has 13 heavy (non-hydrogen) atoms. The lowest BCUT2D eigenvalue weighted by molar-refractivity contribution is -0.168. The van der Waals surface area contributed by atoms with Gasteiger partial charge in [0.05, 0.1) is 0 Å². The van der Waals surface area contributed by atoms with Crippen molar-refractivity contribution in [2.75, 3.05) is 26.5 Å². The Kier molecular flexibility index (Phi) is 4.02. The summed E-state index contributed by atoms with van der Waals surface area (Å²) in [5, 5.41) is 9.08. The lowest BCUT2D eigenvalue weighted by Crippen LogP contribution is -2.38. The second-order valence-electron chi connectivity index (χ2n) is 2.31. The summed E-state index contributed by atoms with van der Waals surface area (Å²) in [4.78, 5) is 5.49. The van der Waals surface area contributed by atoms with Crippen molar-refractivity contribution in [3.63, 3.8) is 0 Å². The van der Waals surface area contributed by atoms with Gasteiger partial charge in [0.15, 0.2) is 5.17 Å². The minimum absolute atomic E-state index is 0.443. The van der Waals surface area contributed by atoms with Crippen molar-refractivity contribution in [3.05, 3.63) is 0 Å². The first-order valence-electron chi connectivity index (χ1n) is 3.75. The molecule has 0 unspecified atom stereocenters. The molecule has 1 saturated heterocycles. The second-order valence-corrected chi connectivity index (χ2v) is 3.38. The third kappa shape index (κ3) is 2.34. The highest BCUT2D eigenvalue weighted by Crippen LogP contribution is 2.20. The Bertz CT molecular complexity index is 234. The maximum Gasteiger partial charge on any atom is 0.241 e. The molecule has 0 N–H and O–H groups in total. The second kappa shape index (κ2) is 5.07. The van der Waals surface area contributed by atoms with Crippen molar-refractivity contribution in [2.24, 2.45) is 4.99 Å². The summed E-state index contributed by atoms with van der Waals surface area (Å²) < 4.78 is 10.1. The van der Waals surface area contributed by atoms with E-state index in [9.17, 15) is 0 Å². The molecule has 72 valence electrons. The fourth-order valence-corrected chi connectivity index (χ4v) is 2.02. The van der Waals surface area contributed by atoms with Crippen LogP contribution >= 0.6 is 11.8 Å². The minimum Gasteiger partial charge on any atom is -0.339 e. The Balaban J connectivity index is 2.68. The molecule has 0 amide bonds. The summed E-state index contributed by atoms with van der Waals surface area (Å²) in [6, 6.07) is 0. The number of ether oxygens (including phenoxy) is 2. The third-order valence-corrected chi connectivity index (χ3v) is 2.58. The lowest BCUT2D eigenvalue weighted by Gasteiger charge is -2.25. The summed E-state index contributed by atoms with van der Waals surface area (Å²) in [5.74, 6) is 0.906. The molecule has 0 bridgehead atoms. The molecular weight excluding hydrogens is 190 g/mol. The fraction of sp³-hybridized carbons (Fsp3) is 0.714. The van der Waals surface area contributed by atoms with Crippen LogP contribution in [0.5, 0.6) is 0 Å². The molecule has 0 aliphatic carbocycles. The van der Waals surface area contributed by atoms with Crippen LogP contribution in [-0.2, 0) is 9.47 Å². The number of thioether (sulfide) groups is 1. The molecule has 1 heterocycles. The molecule has 1 fully saturated rings. The SMILES string of the molecule is COC(OC)N1CCS/C1=N/C#N. The molecule has 0 atom stereocenters. The smallest absolute Gasteiger partial charge is 0.241 e. The number of hydrogen-bond donors (Lipinski definition) is 0. The summed E-state index contributed by atoms with van der Waals surface area (Å²) in [5.41, 5.74) is 0. The van der Waals surface area contributed by atoms with Crippen molar-refractivity contribution in [3.8, 4) is 6.19 Å². The highest BCUT2D eigenvalue weighted by molar-refractivity contribution is 8.14. The zero-order chi connectivity index (χ0) is 9.68. The standard InChI is InChI=1S/C7H11N3O2S/c1-11-7(12-2)10-3-4-13-6(10)9-5-8/h7H,3-4H2,1-2H3/b9-6+. The molecule has 0 aromatic heterocycles. The van der Waals surface area contributed by atoms with Gasteiger partial charge in [-0.2, -0.15) is 5.26 Å². The first kappa shape index (κ1) is 10.3. The molecule has 0 saturated carbocycles.